The molecule has 2 amide bonds. The number of carbonyl (C=O) groups excluding carboxylic acids is 3. The summed E-state index contributed by atoms with van der Waals surface area (Å²) in [5.74, 6) is -0.635. The van der Waals surface area contributed by atoms with E-state index < -0.39 is 11.8 Å². The first kappa shape index (κ1) is 24.9. The van der Waals surface area contributed by atoms with Crippen LogP contribution in [-0.4, -0.2) is 27.1 Å². The van der Waals surface area contributed by atoms with Crippen molar-refractivity contribution in [1.29, 1.82) is 0 Å². The topological polar surface area (TPSA) is 110 Å². The van der Waals surface area contributed by atoms with Crippen LogP contribution in [-0.2, 0) is 6.42 Å². The number of nitrogens with one attached hydrogen (secondary N) is 2. The quantitative estimate of drug-likeness (QED) is 0.279. The number of hydrogen-bond donors (Lipinski definition) is 2. The van der Waals surface area contributed by atoms with Crippen molar-refractivity contribution in [1.82, 2.24) is 9.55 Å². The summed E-state index contributed by atoms with van der Waals surface area (Å²) < 4.78 is 1.46. The maximum atomic E-state index is 13.8. The lowest BCUT2D eigenvalue weighted by atomic mass is 10.0. The lowest BCUT2D eigenvalue weighted by molar-refractivity contribution is 0.0979. The summed E-state index contributed by atoms with van der Waals surface area (Å²) in [6.07, 6.45) is 0.899. The Morgan fingerprint density at radius 1 is 0.600 bits per heavy atom. The lowest BCUT2D eigenvalue weighted by Gasteiger charge is -2.18. The third kappa shape index (κ3) is 4.56. The summed E-state index contributed by atoms with van der Waals surface area (Å²) in [5, 5.41) is 6.10. The maximum Gasteiger partial charge on any atom is 0.265 e. The molecule has 0 saturated heterocycles. The molecule has 0 aliphatic carbocycles. The number of para-hydroxylation sites is 4. The predicted octanol–water partition coefficient (Wildman–Crippen LogP) is 5.41. The molecule has 196 valence electrons. The summed E-state index contributed by atoms with van der Waals surface area (Å²) in [6.45, 7) is 0. The van der Waals surface area contributed by atoms with Gasteiger partial charge in [0.25, 0.3) is 17.4 Å². The number of Topliss-reactive ketones (excluding diaryl/α,β-unsaturated/α-hetero) is 1. The van der Waals surface area contributed by atoms with Crippen LogP contribution in [0.1, 0.15) is 49.7 Å². The minimum absolute atomic E-state index is 0.139. The molecule has 6 rings (SSSR count). The highest BCUT2D eigenvalue weighted by atomic mass is 16.2. The number of nitrogens with zero attached hydrogens (tertiary/aromatic N) is 2. The molecule has 8 heteroatoms. The van der Waals surface area contributed by atoms with E-state index in [1.807, 2.05) is 6.07 Å². The number of ketones is 1. The van der Waals surface area contributed by atoms with E-state index in [1.165, 1.54) is 4.57 Å². The van der Waals surface area contributed by atoms with Crippen LogP contribution in [0.4, 0.5) is 11.4 Å². The minimum Gasteiger partial charge on any atom is -0.321 e. The Morgan fingerprint density at radius 3 is 1.95 bits per heavy atom. The molecule has 40 heavy (non-hydrogen) atoms. The van der Waals surface area contributed by atoms with E-state index in [4.69, 9.17) is 4.98 Å². The zero-order valence-corrected chi connectivity index (χ0v) is 21.4. The molecule has 0 bridgehead atoms. The highest BCUT2D eigenvalue weighted by molar-refractivity contribution is 6.15. The Morgan fingerprint density at radius 2 is 1.18 bits per heavy atom. The van der Waals surface area contributed by atoms with Gasteiger partial charge in [-0.3, -0.25) is 23.7 Å². The Hall–Kier alpha value is -5.37. The zero-order chi connectivity index (χ0) is 27.6. The summed E-state index contributed by atoms with van der Waals surface area (Å²) in [7, 11) is 0. The van der Waals surface area contributed by atoms with Crippen molar-refractivity contribution in [2.24, 2.45) is 0 Å². The van der Waals surface area contributed by atoms with Crippen LogP contribution in [0.3, 0.4) is 0 Å². The van der Waals surface area contributed by atoms with Crippen molar-refractivity contribution in [3.05, 3.63) is 130 Å². The van der Waals surface area contributed by atoms with E-state index in [0.29, 0.717) is 52.2 Å². The predicted molar refractivity (Wildman–Crippen MR) is 153 cm³/mol. The molecule has 0 atom stereocenters. The largest absolute Gasteiger partial charge is 0.321 e. The number of aromatic nitrogens is 2. The summed E-state index contributed by atoms with van der Waals surface area (Å²) in [4.78, 5) is 58.9. The minimum atomic E-state index is -0.482. The van der Waals surface area contributed by atoms with Crippen molar-refractivity contribution in [3.63, 3.8) is 0 Å². The normalized spacial score (nSPS) is 13.8. The molecule has 0 unspecified atom stereocenters. The second kappa shape index (κ2) is 10.4. The van der Waals surface area contributed by atoms with Crippen LogP contribution < -0.4 is 16.2 Å². The van der Waals surface area contributed by atoms with Crippen LogP contribution in [0.15, 0.2) is 102 Å². The average molecular weight is 529 g/mol. The zero-order valence-electron chi connectivity index (χ0n) is 21.4. The molecule has 1 aromatic heterocycles. The van der Waals surface area contributed by atoms with Gasteiger partial charge in [0.2, 0.25) is 0 Å². The van der Waals surface area contributed by atoms with E-state index in [-0.39, 0.29) is 28.9 Å². The Kier molecular flexibility index (Phi) is 6.49. The Balaban J connectivity index is 1.56. The van der Waals surface area contributed by atoms with Crippen molar-refractivity contribution < 1.29 is 14.4 Å². The van der Waals surface area contributed by atoms with Crippen LogP contribution in [0.5, 0.6) is 0 Å². The van der Waals surface area contributed by atoms with Gasteiger partial charge in [0.1, 0.15) is 5.82 Å². The molecule has 8 nitrogen and oxygen atoms in total. The molecule has 5 aromatic rings. The third-order valence-corrected chi connectivity index (χ3v) is 6.93. The van der Waals surface area contributed by atoms with E-state index >= 15 is 0 Å². The molecule has 2 N–H and O–H groups in total. The fraction of sp³-hybridized carbons (Fsp3) is 0.0938. The molecule has 0 fully saturated rings. The SMILES string of the molecule is O=C1CCCc2nc3ccccc3c(=O)n2-c2ccccc2C(=O)Nc2ccccc2C(=O)Nc2ccccc21. The van der Waals surface area contributed by atoms with Gasteiger partial charge in [0.05, 0.1) is 39.1 Å². The number of aryl methyl sites for hydroxylation is 1. The molecule has 0 spiro atoms. The number of anilines is 2. The second-order valence-electron chi connectivity index (χ2n) is 9.48. The highest BCUT2D eigenvalue weighted by Gasteiger charge is 2.22. The Bertz CT molecular complexity index is 1880. The monoisotopic (exact) mass is 528 g/mol. The van der Waals surface area contributed by atoms with Crippen LogP contribution in [0.25, 0.3) is 16.6 Å². The number of amides is 2. The van der Waals surface area contributed by atoms with Crippen molar-refractivity contribution >= 4 is 39.9 Å². The number of benzene rings is 4. The molecule has 0 radical (unpaired) electrons. The maximum absolute atomic E-state index is 13.8. The molecule has 0 saturated carbocycles. The van der Waals surface area contributed by atoms with Gasteiger partial charge in [0.15, 0.2) is 5.78 Å². The van der Waals surface area contributed by atoms with Gasteiger partial charge in [0, 0.05) is 18.4 Å². The lowest BCUT2D eigenvalue weighted by Crippen LogP contribution is -2.27. The fourth-order valence-corrected chi connectivity index (χ4v) is 5.00. The number of carbonyl (C=O) groups is 3. The fourth-order valence-electron chi connectivity index (χ4n) is 5.00. The van der Waals surface area contributed by atoms with Crippen molar-refractivity contribution in [2.45, 2.75) is 19.3 Å². The molecule has 4 aromatic carbocycles. The van der Waals surface area contributed by atoms with Crippen LogP contribution in [0, 0.1) is 0 Å². The molecular formula is C32H24N4O4. The first-order valence-corrected chi connectivity index (χ1v) is 13.0. The molecule has 2 heterocycles. The summed E-state index contributed by atoms with van der Waals surface area (Å²) in [6, 6.07) is 27.3. The smallest absolute Gasteiger partial charge is 0.265 e. The van der Waals surface area contributed by atoms with Crippen LogP contribution in [0.2, 0.25) is 0 Å². The van der Waals surface area contributed by atoms with E-state index in [9.17, 15) is 19.2 Å². The van der Waals surface area contributed by atoms with Crippen molar-refractivity contribution in [3.8, 4) is 5.69 Å². The van der Waals surface area contributed by atoms with Gasteiger partial charge in [-0.25, -0.2) is 4.98 Å². The molecule has 1 aliphatic heterocycles. The molecule has 1 aliphatic rings. The van der Waals surface area contributed by atoms with Gasteiger partial charge in [-0.1, -0.05) is 48.5 Å². The van der Waals surface area contributed by atoms with E-state index in [2.05, 4.69) is 10.6 Å². The first-order chi connectivity index (χ1) is 19.5. The van der Waals surface area contributed by atoms with Gasteiger partial charge in [-0.15, -0.1) is 0 Å². The van der Waals surface area contributed by atoms with Crippen molar-refractivity contribution in [2.75, 3.05) is 10.6 Å². The van der Waals surface area contributed by atoms with Crippen LogP contribution >= 0.6 is 0 Å². The van der Waals surface area contributed by atoms with Gasteiger partial charge < -0.3 is 10.6 Å². The number of hydrogen-bond acceptors (Lipinski definition) is 5. The highest BCUT2D eigenvalue weighted by Crippen LogP contribution is 2.25. The van der Waals surface area contributed by atoms with Gasteiger partial charge >= 0.3 is 0 Å². The number of rotatable bonds is 0. The van der Waals surface area contributed by atoms with E-state index in [0.717, 1.165) is 0 Å². The standard InChI is InChI=1S/C32H24N4O4/c37-28-18-9-19-29-33-26-16-7-3-12-22(26)32(40)36(29)27-17-8-4-13-23(27)31(39)35-25-15-6-2-11-21(25)30(38)34-24-14-5-1-10-20(24)28/h1-8,10-17H,9,18-19H2,(H,34,38)(H,35,39). The Labute approximate surface area is 229 Å². The van der Waals surface area contributed by atoms with Gasteiger partial charge in [-0.05, 0) is 55.0 Å². The third-order valence-electron chi connectivity index (χ3n) is 6.93. The first-order valence-electron chi connectivity index (χ1n) is 13.0. The summed E-state index contributed by atoms with van der Waals surface area (Å²) >= 11 is 0. The molecular weight excluding hydrogens is 504 g/mol. The second-order valence-corrected chi connectivity index (χ2v) is 9.48. The summed E-state index contributed by atoms with van der Waals surface area (Å²) in [5.41, 5.74) is 2.14. The van der Waals surface area contributed by atoms with Gasteiger partial charge in [-0.2, -0.15) is 0 Å². The average Bonchev–Trinajstić information content (AvgIpc) is 2.97. The number of fused-ring (bicyclic) bond motifs is 6. The van der Waals surface area contributed by atoms with E-state index in [1.54, 1.807) is 91.0 Å².